The topological polar surface area (TPSA) is 54.3 Å². The van der Waals surface area contributed by atoms with Gasteiger partial charge in [0, 0.05) is 26.2 Å². The van der Waals surface area contributed by atoms with Gasteiger partial charge in [0.15, 0.2) is 5.75 Å². The van der Waals surface area contributed by atoms with Crippen LogP contribution in [-0.2, 0) is 0 Å². The number of nitrogens with zero attached hydrogens (tertiary/aromatic N) is 4. The number of amides is 1. The third-order valence-corrected chi connectivity index (χ3v) is 3.31. The van der Waals surface area contributed by atoms with Crippen molar-refractivity contribution in [3.63, 3.8) is 0 Å². The number of carbonyl (C=O) groups is 1. The molecule has 7 heteroatoms. The van der Waals surface area contributed by atoms with Crippen LogP contribution in [0.4, 0.5) is 21.9 Å². The minimum absolute atomic E-state index is 0. The molecule has 0 bridgehead atoms. The van der Waals surface area contributed by atoms with Crippen LogP contribution in [0.2, 0.25) is 0 Å². The number of hydrogen-bond donors (Lipinski definition) is 0. The Bertz CT molecular complexity index is 740. The van der Waals surface area contributed by atoms with Crippen molar-refractivity contribution >= 4 is 23.2 Å². The molecule has 0 fully saturated rings. The molecule has 0 aromatic heterocycles. The number of benzene rings is 2. The summed E-state index contributed by atoms with van der Waals surface area (Å²) in [6.07, 6.45) is -0.454. The summed E-state index contributed by atoms with van der Waals surface area (Å²) < 4.78 is 6.05. The average molecular weight is 454 g/mol. The van der Waals surface area contributed by atoms with Gasteiger partial charge in [0.2, 0.25) is 0 Å². The van der Waals surface area contributed by atoms with Gasteiger partial charge in [-0.1, -0.05) is 18.2 Å². The highest BCUT2D eigenvalue weighted by atomic mass is 127. The summed E-state index contributed by atoms with van der Waals surface area (Å²) in [7, 11) is 9.39. The van der Waals surface area contributed by atoms with Gasteiger partial charge in [-0.05, 0) is 18.2 Å². The van der Waals surface area contributed by atoms with Crippen molar-refractivity contribution in [2.75, 3.05) is 35.2 Å². The molecule has 25 heavy (non-hydrogen) atoms. The van der Waals surface area contributed by atoms with Crippen LogP contribution >= 0.6 is 0 Å². The van der Waals surface area contributed by atoms with E-state index in [4.69, 9.17) is 4.74 Å². The lowest BCUT2D eigenvalue weighted by Crippen LogP contribution is -3.00. The third-order valence-electron chi connectivity index (χ3n) is 3.31. The Kier molecular flexibility index (Phi) is 7.50. The Morgan fingerprint density at radius 2 is 1.64 bits per heavy atom. The van der Waals surface area contributed by atoms with E-state index < -0.39 is 6.09 Å². The largest absolute Gasteiger partial charge is 1.00 e. The molecule has 134 valence electrons. The number of quaternary nitrogens is 1. The van der Waals surface area contributed by atoms with Crippen LogP contribution in [-0.4, -0.2) is 46.2 Å². The van der Waals surface area contributed by atoms with Crippen molar-refractivity contribution in [3.05, 3.63) is 48.5 Å². The highest BCUT2D eigenvalue weighted by Gasteiger charge is 2.18. The number of halogens is 1. The number of azo groups is 1. The molecule has 2 rings (SSSR count). The van der Waals surface area contributed by atoms with Gasteiger partial charge in [-0.3, -0.25) is 4.48 Å². The highest BCUT2D eigenvalue weighted by molar-refractivity contribution is 5.73. The van der Waals surface area contributed by atoms with Gasteiger partial charge >= 0.3 is 6.09 Å². The summed E-state index contributed by atoms with van der Waals surface area (Å²) in [6, 6.07) is 15.0. The van der Waals surface area contributed by atoms with E-state index in [-0.39, 0.29) is 24.0 Å². The molecule has 0 aliphatic rings. The number of hydrogen-bond acceptors (Lipinski definition) is 4. The van der Waals surface area contributed by atoms with E-state index in [1.54, 1.807) is 14.1 Å². The Balaban J connectivity index is 0.00000312. The first kappa shape index (κ1) is 21.0. The second-order valence-corrected chi connectivity index (χ2v) is 6.46. The molecule has 0 saturated carbocycles. The SMILES string of the molecule is CN(C)C(=O)Oc1cc([N+](C)(C)C)ccc1N=Nc1ccccc1.[I-]. The second kappa shape index (κ2) is 8.91. The summed E-state index contributed by atoms with van der Waals surface area (Å²) in [4.78, 5) is 13.3. The Labute approximate surface area is 165 Å². The molecular formula is C18H23IN4O2. The smallest absolute Gasteiger partial charge is 0.414 e. The standard InChI is InChI=1S/C18H23N4O2.HI/c1-21(2)18(23)24-17-13-15(22(3,4)5)11-12-16(17)20-19-14-9-7-6-8-10-14;/h6-13H,1-5H3;1H/q+1;/p-1. The molecular weight excluding hydrogens is 431 g/mol. The molecule has 0 aliphatic carbocycles. The number of carbonyl (C=O) groups excluding carboxylic acids is 1. The molecule has 0 heterocycles. The zero-order chi connectivity index (χ0) is 17.7. The lowest BCUT2D eigenvalue weighted by atomic mass is 10.2. The molecule has 0 spiro atoms. The molecule has 2 aromatic carbocycles. The second-order valence-electron chi connectivity index (χ2n) is 6.46. The highest BCUT2D eigenvalue weighted by Crippen LogP contribution is 2.34. The molecule has 0 aliphatic heterocycles. The van der Waals surface area contributed by atoms with Crippen molar-refractivity contribution in [1.29, 1.82) is 0 Å². The monoisotopic (exact) mass is 454 g/mol. The van der Waals surface area contributed by atoms with E-state index in [1.807, 2.05) is 69.7 Å². The average Bonchev–Trinajstić information content (AvgIpc) is 2.53. The fourth-order valence-electron chi connectivity index (χ4n) is 1.88. The summed E-state index contributed by atoms with van der Waals surface area (Å²) in [5.41, 5.74) is 2.24. The van der Waals surface area contributed by atoms with E-state index in [2.05, 4.69) is 10.2 Å². The minimum Gasteiger partial charge on any atom is -1.00 e. The van der Waals surface area contributed by atoms with E-state index in [9.17, 15) is 4.79 Å². The number of rotatable bonds is 4. The number of ether oxygens (including phenoxy) is 1. The molecule has 0 radical (unpaired) electrons. The third kappa shape index (κ3) is 6.09. The maximum atomic E-state index is 11.9. The van der Waals surface area contributed by atoms with E-state index >= 15 is 0 Å². The molecule has 6 nitrogen and oxygen atoms in total. The van der Waals surface area contributed by atoms with Crippen molar-refractivity contribution in [2.24, 2.45) is 10.2 Å². The van der Waals surface area contributed by atoms with Gasteiger partial charge in [0.1, 0.15) is 11.4 Å². The predicted octanol–water partition coefficient (Wildman–Crippen LogP) is 1.36. The fourth-order valence-corrected chi connectivity index (χ4v) is 1.88. The van der Waals surface area contributed by atoms with Crippen LogP contribution < -0.4 is 33.2 Å². The molecule has 1 amide bonds. The minimum atomic E-state index is -0.454. The zero-order valence-electron chi connectivity index (χ0n) is 15.1. The first-order chi connectivity index (χ1) is 11.3. The fraction of sp³-hybridized carbons (Fsp3) is 0.278. The lowest BCUT2D eigenvalue weighted by molar-refractivity contribution is -0.0000102. The Hall–Kier alpha value is -2.00. The molecule has 0 N–H and O–H groups in total. The van der Waals surface area contributed by atoms with Crippen molar-refractivity contribution < 1.29 is 33.5 Å². The molecule has 0 unspecified atom stereocenters. The van der Waals surface area contributed by atoms with Crippen LogP contribution in [0.3, 0.4) is 0 Å². The zero-order valence-corrected chi connectivity index (χ0v) is 17.3. The van der Waals surface area contributed by atoms with Crippen molar-refractivity contribution in [3.8, 4) is 5.75 Å². The van der Waals surface area contributed by atoms with Gasteiger partial charge in [-0.2, -0.15) is 5.11 Å². The molecule has 2 aromatic rings. The van der Waals surface area contributed by atoms with Crippen molar-refractivity contribution in [1.82, 2.24) is 9.38 Å². The first-order valence-electron chi connectivity index (χ1n) is 7.59. The van der Waals surface area contributed by atoms with Crippen LogP contribution in [0.5, 0.6) is 5.75 Å². The van der Waals surface area contributed by atoms with Crippen LogP contribution in [0.15, 0.2) is 58.8 Å². The van der Waals surface area contributed by atoms with Gasteiger partial charge in [-0.15, -0.1) is 5.11 Å². The quantitative estimate of drug-likeness (QED) is 0.398. The van der Waals surface area contributed by atoms with Crippen molar-refractivity contribution in [2.45, 2.75) is 0 Å². The predicted molar refractivity (Wildman–Crippen MR) is 96.3 cm³/mol. The van der Waals surface area contributed by atoms with Gasteiger partial charge in [0.05, 0.1) is 26.8 Å². The normalized spacial score (nSPS) is 11.1. The van der Waals surface area contributed by atoms with Crippen LogP contribution in [0.25, 0.3) is 0 Å². The van der Waals surface area contributed by atoms with E-state index in [1.165, 1.54) is 4.90 Å². The summed E-state index contributed by atoms with van der Waals surface area (Å²) in [6.45, 7) is 0. The van der Waals surface area contributed by atoms with Gasteiger partial charge < -0.3 is 33.6 Å². The Morgan fingerprint density at radius 3 is 2.20 bits per heavy atom. The summed E-state index contributed by atoms with van der Waals surface area (Å²) >= 11 is 0. The van der Waals surface area contributed by atoms with Gasteiger partial charge in [0.25, 0.3) is 0 Å². The Morgan fingerprint density at radius 1 is 1.00 bits per heavy atom. The van der Waals surface area contributed by atoms with Gasteiger partial charge in [-0.25, -0.2) is 4.79 Å². The summed E-state index contributed by atoms with van der Waals surface area (Å²) in [5.74, 6) is 0.388. The maximum absolute atomic E-state index is 11.9. The maximum Gasteiger partial charge on any atom is 0.414 e. The summed E-state index contributed by atoms with van der Waals surface area (Å²) in [5, 5.41) is 8.43. The van der Waals surface area contributed by atoms with E-state index in [0.717, 1.165) is 11.4 Å². The van der Waals surface area contributed by atoms with Crippen LogP contribution in [0.1, 0.15) is 0 Å². The van der Waals surface area contributed by atoms with E-state index in [0.29, 0.717) is 15.9 Å². The lowest BCUT2D eigenvalue weighted by Gasteiger charge is -2.24. The molecule has 0 atom stereocenters. The van der Waals surface area contributed by atoms with Crippen LogP contribution in [0, 0.1) is 0 Å². The molecule has 0 saturated heterocycles. The first-order valence-corrected chi connectivity index (χ1v) is 7.59.